The Morgan fingerprint density at radius 2 is 1.80 bits per heavy atom. The van der Waals surface area contributed by atoms with Crippen molar-refractivity contribution in [2.24, 2.45) is 17.3 Å². The van der Waals surface area contributed by atoms with Crippen molar-refractivity contribution < 1.29 is 18.7 Å². The summed E-state index contributed by atoms with van der Waals surface area (Å²) in [6, 6.07) is 21.7. The van der Waals surface area contributed by atoms with Crippen LogP contribution in [0.5, 0.6) is 11.5 Å². The molecule has 0 aromatic heterocycles. The predicted molar refractivity (Wildman–Crippen MR) is 133 cm³/mol. The van der Waals surface area contributed by atoms with E-state index in [0.29, 0.717) is 21.4 Å². The van der Waals surface area contributed by atoms with Gasteiger partial charge in [-0.05, 0) is 53.3 Å². The van der Waals surface area contributed by atoms with Gasteiger partial charge in [0, 0.05) is 15.6 Å². The first-order valence-electron chi connectivity index (χ1n) is 11.0. The van der Waals surface area contributed by atoms with E-state index < -0.39 is 29.2 Å². The van der Waals surface area contributed by atoms with E-state index in [9.17, 15) is 14.4 Å². The molecule has 35 heavy (non-hydrogen) atoms. The molecule has 4 rings (SSSR count). The van der Waals surface area contributed by atoms with Crippen molar-refractivity contribution in [1.82, 2.24) is 0 Å². The zero-order valence-electron chi connectivity index (χ0n) is 19.0. The van der Waals surface area contributed by atoms with E-state index in [-0.39, 0.29) is 11.7 Å². The van der Waals surface area contributed by atoms with Gasteiger partial charge in [0.15, 0.2) is 11.6 Å². The van der Waals surface area contributed by atoms with Crippen LogP contribution in [0.4, 0.5) is 4.39 Å². The van der Waals surface area contributed by atoms with Crippen LogP contribution in [0, 0.1) is 34.4 Å². The molecule has 1 saturated carbocycles. The van der Waals surface area contributed by atoms with Gasteiger partial charge in [-0.15, -0.1) is 0 Å². The molecule has 0 spiro atoms. The summed E-state index contributed by atoms with van der Waals surface area (Å²) >= 11 is 12.4. The van der Waals surface area contributed by atoms with Crippen LogP contribution in [0.1, 0.15) is 31.1 Å². The summed E-state index contributed by atoms with van der Waals surface area (Å²) in [4.78, 5) is 13.0. The molecule has 1 fully saturated rings. The Balaban J connectivity index is 1.49. The van der Waals surface area contributed by atoms with E-state index in [4.69, 9.17) is 32.7 Å². The molecule has 0 saturated heterocycles. The fourth-order valence-electron chi connectivity index (χ4n) is 4.04. The maximum Gasteiger partial charge on any atom is 0.311 e. The zero-order valence-corrected chi connectivity index (χ0v) is 20.6. The third kappa shape index (κ3) is 5.51. The number of esters is 1. The number of hydrogen-bond acceptors (Lipinski definition) is 4. The molecular weight excluding hydrogens is 488 g/mol. The van der Waals surface area contributed by atoms with E-state index in [0.717, 1.165) is 5.56 Å². The highest BCUT2D eigenvalue weighted by atomic mass is 35.5. The molecule has 0 aliphatic heterocycles. The summed E-state index contributed by atoms with van der Waals surface area (Å²) in [5.41, 5.74) is 0.713. The van der Waals surface area contributed by atoms with Crippen molar-refractivity contribution in [3.05, 3.63) is 101 Å². The van der Waals surface area contributed by atoms with Crippen LogP contribution in [0.25, 0.3) is 5.03 Å². The van der Waals surface area contributed by atoms with Gasteiger partial charge >= 0.3 is 5.97 Å². The van der Waals surface area contributed by atoms with Crippen molar-refractivity contribution in [3.63, 3.8) is 0 Å². The zero-order chi connectivity index (χ0) is 25.2. The van der Waals surface area contributed by atoms with Gasteiger partial charge in [0.05, 0.1) is 5.92 Å². The molecule has 4 nitrogen and oxygen atoms in total. The van der Waals surface area contributed by atoms with Gasteiger partial charge < -0.3 is 9.47 Å². The third-order valence-electron chi connectivity index (χ3n) is 6.19. The number of para-hydroxylation sites is 1. The standard InChI is InChI=1S/C28H22Cl2FNO3/c1-28(2)21(15-22(30)17-8-11-19(29)12-9-17)26(28)27(33)35-25(16-32)18-10-13-23(31)24(14-18)34-20-6-4-3-5-7-20/h3-15,21,25-26H,1-2H3/b22-15-/t21?,25-,26?/m0/s1. The van der Waals surface area contributed by atoms with Crippen molar-refractivity contribution >= 4 is 34.2 Å². The highest BCUT2D eigenvalue weighted by Crippen LogP contribution is 2.60. The Morgan fingerprint density at radius 1 is 1.11 bits per heavy atom. The molecule has 0 N–H and O–H groups in total. The van der Waals surface area contributed by atoms with Gasteiger partial charge in [0.1, 0.15) is 11.8 Å². The lowest BCUT2D eigenvalue weighted by Gasteiger charge is -2.14. The van der Waals surface area contributed by atoms with Gasteiger partial charge in [-0.25, -0.2) is 4.39 Å². The van der Waals surface area contributed by atoms with E-state index in [1.54, 1.807) is 48.5 Å². The number of nitrogens with zero attached hydrogens (tertiary/aromatic N) is 1. The lowest BCUT2D eigenvalue weighted by atomic mass is 10.1. The lowest BCUT2D eigenvalue weighted by Crippen LogP contribution is -2.14. The van der Waals surface area contributed by atoms with Gasteiger partial charge in [0.2, 0.25) is 6.10 Å². The number of carbonyl (C=O) groups excluding carboxylic acids is 1. The molecule has 1 aliphatic rings. The molecule has 178 valence electrons. The average molecular weight is 510 g/mol. The molecule has 3 aromatic rings. The minimum Gasteiger partial charge on any atom is -0.454 e. The molecule has 7 heteroatoms. The normalized spacial score (nSPS) is 19.4. The summed E-state index contributed by atoms with van der Waals surface area (Å²) in [6.07, 6.45) is 0.621. The lowest BCUT2D eigenvalue weighted by molar-refractivity contribution is -0.149. The number of allylic oxidation sites excluding steroid dienone is 1. The second-order valence-electron chi connectivity index (χ2n) is 8.90. The fourth-order valence-corrected chi connectivity index (χ4v) is 4.42. The smallest absolute Gasteiger partial charge is 0.311 e. The highest BCUT2D eigenvalue weighted by molar-refractivity contribution is 6.48. The van der Waals surface area contributed by atoms with E-state index in [1.165, 1.54) is 18.2 Å². The number of nitriles is 1. The van der Waals surface area contributed by atoms with E-state index in [2.05, 4.69) is 0 Å². The van der Waals surface area contributed by atoms with Crippen LogP contribution in [0.3, 0.4) is 0 Å². The molecule has 0 radical (unpaired) electrons. The van der Waals surface area contributed by atoms with Crippen LogP contribution in [-0.2, 0) is 9.53 Å². The van der Waals surface area contributed by atoms with E-state index >= 15 is 0 Å². The first kappa shape index (κ1) is 24.8. The molecule has 3 aromatic carbocycles. The summed E-state index contributed by atoms with van der Waals surface area (Å²) < 4.78 is 25.5. The third-order valence-corrected chi connectivity index (χ3v) is 6.79. The van der Waals surface area contributed by atoms with Crippen LogP contribution >= 0.6 is 23.2 Å². The summed E-state index contributed by atoms with van der Waals surface area (Å²) in [5.74, 6) is -1.36. The van der Waals surface area contributed by atoms with Crippen molar-refractivity contribution in [2.45, 2.75) is 20.0 Å². The molecule has 0 heterocycles. The number of ether oxygens (including phenoxy) is 2. The predicted octanol–water partition coefficient (Wildman–Crippen LogP) is 7.93. The average Bonchev–Trinajstić information content (AvgIpc) is 3.39. The van der Waals surface area contributed by atoms with E-state index in [1.807, 2.05) is 32.1 Å². The second-order valence-corrected chi connectivity index (χ2v) is 9.74. The molecule has 3 atom stereocenters. The Labute approximate surface area is 213 Å². The fraction of sp³-hybridized carbons (Fsp3) is 0.214. The van der Waals surface area contributed by atoms with Gasteiger partial charge in [-0.1, -0.05) is 79.5 Å². The van der Waals surface area contributed by atoms with Gasteiger partial charge in [-0.3, -0.25) is 4.79 Å². The van der Waals surface area contributed by atoms with Gasteiger partial charge in [-0.2, -0.15) is 5.26 Å². The Kier molecular flexibility index (Phi) is 7.16. The van der Waals surface area contributed by atoms with Crippen LogP contribution in [-0.4, -0.2) is 5.97 Å². The Morgan fingerprint density at radius 3 is 2.46 bits per heavy atom. The Hall–Kier alpha value is -3.33. The second kappa shape index (κ2) is 10.1. The first-order valence-corrected chi connectivity index (χ1v) is 11.7. The minimum atomic E-state index is -1.21. The largest absolute Gasteiger partial charge is 0.454 e. The molecule has 0 bridgehead atoms. The number of hydrogen-bond donors (Lipinski definition) is 0. The highest BCUT2D eigenvalue weighted by Gasteiger charge is 2.62. The topological polar surface area (TPSA) is 59.3 Å². The van der Waals surface area contributed by atoms with Crippen LogP contribution in [0.2, 0.25) is 5.02 Å². The maximum atomic E-state index is 14.3. The SMILES string of the molecule is CC1(C)C(/C=C(\Cl)c2ccc(Cl)cc2)C1C(=O)O[C@@H](C#N)c1ccc(F)c(Oc2ccccc2)c1. The van der Waals surface area contributed by atoms with Crippen molar-refractivity contribution in [1.29, 1.82) is 5.26 Å². The number of carbonyl (C=O) groups is 1. The first-order chi connectivity index (χ1) is 16.7. The van der Waals surface area contributed by atoms with Crippen molar-refractivity contribution in [3.8, 4) is 17.6 Å². The molecular formula is C28H22Cl2FNO3. The van der Waals surface area contributed by atoms with Crippen LogP contribution < -0.4 is 4.74 Å². The van der Waals surface area contributed by atoms with Crippen molar-refractivity contribution in [2.75, 3.05) is 0 Å². The number of rotatable bonds is 7. The molecule has 2 unspecified atom stereocenters. The number of benzene rings is 3. The van der Waals surface area contributed by atoms with Crippen LogP contribution in [0.15, 0.2) is 78.9 Å². The minimum absolute atomic E-state index is 0.0627. The quantitative estimate of drug-likeness (QED) is 0.303. The summed E-state index contributed by atoms with van der Waals surface area (Å²) in [6.45, 7) is 3.88. The Bertz CT molecular complexity index is 1300. The summed E-state index contributed by atoms with van der Waals surface area (Å²) in [5, 5.41) is 10.8. The number of halogens is 3. The monoisotopic (exact) mass is 509 g/mol. The van der Waals surface area contributed by atoms with Gasteiger partial charge in [0.25, 0.3) is 0 Å². The maximum absolute atomic E-state index is 14.3. The summed E-state index contributed by atoms with van der Waals surface area (Å²) in [7, 11) is 0. The molecule has 0 amide bonds. The molecule has 1 aliphatic carbocycles.